The summed E-state index contributed by atoms with van der Waals surface area (Å²) >= 11 is 5.67. The second kappa shape index (κ2) is 5.94. The minimum Gasteiger partial charge on any atom is -0.294 e. The maximum absolute atomic E-state index is 12.7. The van der Waals surface area contributed by atoms with Gasteiger partial charge in [0.1, 0.15) is 10.1 Å². The standard InChI is InChI=1S/C18H12BrIN2O/c19-14-8-12(10-4-2-1-3-5-10)16-17(22-14)15(13(20)9-21-16)18(23)11-6-7-11/h1-5,8-9,11H,6-7H2. The van der Waals surface area contributed by atoms with Crippen LogP contribution in [0.4, 0.5) is 0 Å². The maximum Gasteiger partial charge on any atom is 0.169 e. The number of carbonyl (C=O) groups excluding carboxylic acids is 1. The lowest BCUT2D eigenvalue weighted by molar-refractivity contribution is 0.0968. The molecular formula is C18H12BrIN2O. The maximum atomic E-state index is 12.7. The molecule has 1 aliphatic carbocycles. The molecule has 2 aromatic heterocycles. The van der Waals surface area contributed by atoms with Crippen LogP contribution in [0.1, 0.15) is 23.2 Å². The Balaban J connectivity index is 2.03. The van der Waals surface area contributed by atoms with E-state index in [2.05, 4.69) is 48.5 Å². The summed E-state index contributed by atoms with van der Waals surface area (Å²) < 4.78 is 1.59. The van der Waals surface area contributed by atoms with Crippen molar-refractivity contribution in [1.82, 2.24) is 9.97 Å². The van der Waals surface area contributed by atoms with Gasteiger partial charge < -0.3 is 0 Å². The first kappa shape index (κ1) is 15.2. The lowest BCUT2D eigenvalue weighted by Gasteiger charge is -2.11. The second-order valence-electron chi connectivity index (χ2n) is 5.68. The van der Waals surface area contributed by atoms with Gasteiger partial charge in [0.15, 0.2) is 5.78 Å². The molecule has 0 amide bonds. The summed E-state index contributed by atoms with van der Waals surface area (Å²) in [5, 5.41) is 0. The Bertz CT molecular complexity index is 923. The van der Waals surface area contributed by atoms with Gasteiger partial charge in [-0.25, -0.2) is 4.98 Å². The monoisotopic (exact) mass is 478 g/mol. The highest BCUT2D eigenvalue weighted by atomic mass is 127. The molecule has 1 saturated carbocycles. The number of Topliss-reactive ketones (excluding diaryl/α,β-unsaturated/α-hetero) is 1. The summed E-state index contributed by atoms with van der Waals surface area (Å²) in [4.78, 5) is 21.9. The molecule has 0 bridgehead atoms. The predicted molar refractivity (Wildman–Crippen MR) is 102 cm³/mol. The molecule has 5 heteroatoms. The zero-order valence-electron chi connectivity index (χ0n) is 12.1. The van der Waals surface area contributed by atoms with E-state index in [0.717, 1.165) is 43.2 Å². The van der Waals surface area contributed by atoms with Crippen molar-refractivity contribution >= 4 is 55.3 Å². The fraction of sp³-hybridized carbons (Fsp3) is 0.167. The van der Waals surface area contributed by atoms with Crippen LogP contribution in [0.2, 0.25) is 0 Å². The molecule has 1 aromatic carbocycles. The third kappa shape index (κ3) is 2.80. The quantitative estimate of drug-likeness (QED) is 0.293. The Morgan fingerprint density at radius 3 is 2.61 bits per heavy atom. The summed E-state index contributed by atoms with van der Waals surface area (Å²) in [6, 6.07) is 12.0. The van der Waals surface area contributed by atoms with E-state index in [4.69, 9.17) is 0 Å². The Labute approximate surface area is 155 Å². The Morgan fingerprint density at radius 2 is 1.91 bits per heavy atom. The van der Waals surface area contributed by atoms with Crippen LogP contribution in [0.25, 0.3) is 22.2 Å². The lowest BCUT2D eigenvalue weighted by Crippen LogP contribution is -2.07. The van der Waals surface area contributed by atoms with Crippen molar-refractivity contribution in [3.05, 3.63) is 56.3 Å². The first-order valence-corrected chi connectivity index (χ1v) is 9.26. The molecule has 23 heavy (non-hydrogen) atoms. The van der Waals surface area contributed by atoms with Gasteiger partial charge in [0, 0.05) is 21.2 Å². The number of nitrogens with zero attached hydrogens (tertiary/aromatic N) is 2. The van der Waals surface area contributed by atoms with Crippen LogP contribution in [0.3, 0.4) is 0 Å². The molecule has 1 aliphatic rings. The van der Waals surface area contributed by atoms with Gasteiger partial charge in [0.05, 0.1) is 11.1 Å². The van der Waals surface area contributed by atoms with Gasteiger partial charge in [-0.05, 0) is 63.0 Å². The van der Waals surface area contributed by atoms with Crippen LogP contribution in [0, 0.1) is 9.49 Å². The fourth-order valence-electron chi connectivity index (χ4n) is 2.73. The number of rotatable bonds is 3. The van der Waals surface area contributed by atoms with Crippen LogP contribution in [0.15, 0.2) is 47.2 Å². The Kier molecular flexibility index (Phi) is 3.93. The van der Waals surface area contributed by atoms with Gasteiger partial charge in [0.25, 0.3) is 0 Å². The third-order valence-corrected chi connectivity index (χ3v) is 5.25. The van der Waals surface area contributed by atoms with E-state index in [1.165, 1.54) is 0 Å². The van der Waals surface area contributed by atoms with E-state index in [1.807, 2.05) is 36.4 Å². The molecule has 0 aliphatic heterocycles. The molecular weight excluding hydrogens is 467 g/mol. The van der Waals surface area contributed by atoms with Crippen LogP contribution in [-0.4, -0.2) is 15.8 Å². The number of aromatic nitrogens is 2. The molecule has 0 saturated heterocycles. The molecule has 2 heterocycles. The average Bonchev–Trinajstić information content (AvgIpc) is 3.39. The highest BCUT2D eigenvalue weighted by molar-refractivity contribution is 14.1. The van der Waals surface area contributed by atoms with Gasteiger partial charge in [-0.1, -0.05) is 30.3 Å². The molecule has 1 fully saturated rings. The zero-order valence-corrected chi connectivity index (χ0v) is 15.8. The average molecular weight is 479 g/mol. The second-order valence-corrected chi connectivity index (χ2v) is 7.65. The third-order valence-electron chi connectivity index (χ3n) is 4.02. The topological polar surface area (TPSA) is 42.9 Å². The number of fused-ring (bicyclic) bond motifs is 1. The van der Waals surface area contributed by atoms with E-state index in [-0.39, 0.29) is 11.7 Å². The first-order valence-electron chi connectivity index (χ1n) is 7.39. The van der Waals surface area contributed by atoms with Crippen molar-refractivity contribution in [2.45, 2.75) is 12.8 Å². The highest BCUT2D eigenvalue weighted by Gasteiger charge is 2.33. The first-order chi connectivity index (χ1) is 11.1. The SMILES string of the molecule is O=C(c1c(I)cnc2c(-c3ccccc3)cc(Br)nc12)C1CC1. The smallest absolute Gasteiger partial charge is 0.169 e. The molecule has 3 nitrogen and oxygen atoms in total. The van der Waals surface area contributed by atoms with Crippen molar-refractivity contribution in [2.75, 3.05) is 0 Å². The summed E-state index contributed by atoms with van der Waals surface area (Å²) in [7, 11) is 0. The van der Waals surface area contributed by atoms with Gasteiger partial charge in [-0.2, -0.15) is 0 Å². The molecule has 0 N–H and O–H groups in total. The molecule has 4 rings (SSSR count). The zero-order chi connectivity index (χ0) is 16.0. The van der Waals surface area contributed by atoms with Crippen molar-refractivity contribution in [3.63, 3.8) is 0 Å². The minimum absolute atomic E-state index is 0.162. The van der Waals surface area contributed by atoms with Gasteiger partial charge >= 0.3 is 0 Å². The predicted octanol–water partition coefficient (Wildman–Crippen LogP) is 5.26. The number of hydrogen-bond acceptors (Lipinski definition) is 3. The normalized spacial score (nSPS) is 14.2. The van der Waals surface area contributed by atoms with Crippen molar-refractivity contribution in [3.8, 4) is 11.1 Å². The number of halogens is 2. The molecule has 3 aromatic rings. The van der Waals surface area contributed by atoms with Crippen LogP contribution in [-0.2, 0) is 0 Å². The summed E-state index contributed by atoms with van der Waals surface area (Å²) in [6.45, 7) is 0. The fourth-order valence-corrected chi connectivity index (χ4v) is 3.80. The van der Waals surface area contributed by atoms with Gasteiger partial charge in [0.2, 0.25) is 0 Å². The van der Waals surface area contributed by atoms with Crippen molar-refractivity contribution in [1.29, 1.82) is 0 Å². The van der Waals surface area contributed by atoms with Crippen molar-refractivity contribution in [2.24, 2.45) is 5.92 Å². The van der Waals surface area contributed by atoms with E-state index in [9.17, 15) is 4.79 Å². The van der Waals surface area contributed by atoms with E-state index >= 15 is 0 Å². The van der Waals surface area contributed by atoms with E-state index < -0.39 is 0 Å². The Morgan fingerprint density at radius 1 is 1.17 bits per heavy atom. The largest absolute Gasteiger partial charge is 0.294 e. The van der Waals surface area contributed by atoms with Crippen LogP contribution >= 0.6 is 38.5 Å². The Hall–Kier alpha value is -1.34. The summed E-state index contributed by atoms with van der Waals surface area (Å²) in [6.07, 6.45) is 3.75. The minimum atomic E-state index is 0.162. The van der Waals surface area contributed by atoms with Crippen LogP contribution < -0.4 is 0 Å². The molecule has 114 valence electrons. The molecule has 0 spiro atoms. The summed E-state index contributed by atoms with van der Waals surface area (Å²) in [5.74, 6) is 0.362. The van der Waals surface area contributed by atoms with E-state index in [1.54, 1.807) is 6.20 Å². The van der Waals surface area contributed by atoms with Gasteiger partial charge in [-0.15, -0.1) is 0 Å². The molecule has 0 atom stereocenters. The highest BCUT2D eigenvalue weighted by Crippen LogP contribution is 2.37. The number of benzene rings is 1. The van der Waals surface area contributed by atoms with E-state index in [0.29, 0.717) is 5.52 Å². The van der Waals surface area contributed by atoms with Crippen LogP contribution in [0.5, 0.6) is 0 Å². The number of carbonyl (C=O) groups is 1. The van der Waals surface area contributed by atoms with Gasteiger partial charge in [-0.3, -0.25) is 9.78 Å². The lowest BCUT2D eigenvalue weighted by atomic mass is 10.0. The van der Waals surface area contributed by atoms with Crippen molar-refractivity contribution < 1.29 is 4.79 Å². The number of pyridine rings is 2. The number of ketones is 1. The summed E-state index contributed by atoms with van der Waals surface area (Å²) in [5.41, 5.74) is 4.25. The molecule has 0 radical (unpaired) electrons. The molecule has 0 unspecified atom stereocenters. The number of hydrogen-bond donors (Lipinski definition) is 0.